The zero-order chi connectivity index (χ0) is 14.7. The fourth-order valence-electron chi connectivity index (χ4n) is 1.76. The molecule has 5 N–H and O–H groups in total. The zero-order valence-corrected chi connectivity index (χ0v) is 11.0. The van der Waals surface area contributed by atoms with Crippen LogP contribution in [0.5, 0.6) is 0 Å². The van der Waals surface area contributed by atoms with E-state index < -0.39 is 5.91 Å². The van der Waals surface area contributed by atoms with E-state index in [1.807, 2.05) is 6.92 Å². The molecule has 7 heteroatoms. The van der Waals surface area contributed by atoms with Gasteiger partial charge in [0.15, 0.2) is 0 Å². The van der Waals surface area contributed by atoms with Gasteiger partial charge in [0.2, 0.25) is 0 Å². The van der Waals surface area contributed by atoms with Gasteiger partial charge in [0.05, 0.1) is 11.4 Å². The van der Waals surface area contributed by atoms with Crippen molar-refractivity contribution in [3.05, 3.63) is 41.7 Å². The minimum atomic E-state index is -0.610. The number of aromatic nitrogens is 2. The van der Waals surface area contributed by atoms with Gasteiger partial charge < -0.3 is 16.8 Å². The highest BCUT2D eigenvalue weighted by Gasteiger charge is 2.11. The summed E-state index contributed by atoms with van der Waals surface area (Å²) in [6.07, 6.45) is 1.58. The maximum Gasteiger partial charge on any atom is 0.269 e. The molecule has 1 aromatic carbocycles. The number of nitrogen functional groups attached to an aromatic ring is 1. The number of carbonyl (C=O) groups is 2. The Kier molecular flexibility index (Phi) is 3.69. The second-order valence-corrected chi connectivity index (χ2v) is 4.14. The molecular formula is C13H15N5O2. The number of rotatable bonds is 4. The van der Waals surface area contributed by atoms with Crippen LogP contribution in [0, 0.1) is 0 Å². The Bertz CT molecular complexity index is 663. The monoisotopic (exact) mass is 273 g/mol. The van der Waals surface area contributed by atoms with E-state index in [1.54, 1.807) is 24.4 Å². The third-order valence-electron chi connectivity index (χ3n) is 2.72. The molecule has 0 saturated heterocycles. The molecule has 7 nitrogen and oxygen atoms in total. The molecule has 1 aromatic heterocycles. The van der Waals surface area contributed by atoms with Crippen molar-refractivity contribution in [2.45, 2.75) is 6.92 Å². The molecule has 2 rings (SSSR count). The number of anilines is 1. The third kappa shape index (κ3) is 2.61. The lowest BCUT2D eigenvalue weighted by Gasteiger charge is -2.08. The molecule has 0 saturated carbocycles. The summed E-state index contributed by atoms with van der Waals surface area (Å²) in [6.45, 7) is 2.38. The Morgan fingerprint density at radius 3 is 2.65 bits per heavy atom. The molecule has 2 aromatic rings. The van der Waals surface area contributed by atoms with Crippen LogP contribution in [-0.4, -0.2) is 28.1 Å². The summed E-state index contributed by atoms with van der Waals surface area (Å²) in [6, 6.07) is 6.37. The van der Waals surface area contributed by atoms with Gasteiger partial charge >= 0.3 is 0 Å². The van der Waals surface area contributed by atoms with Crippen LogP contribution in [-0.2, 0) is 0 Å². The average Bonchev–Trinajstić information content (AvgIpc) is 2.88. The van der Waals surface area contributed by atoms with Gasteiger partial charge in [-0.25, -0.2) is 4.68 Å². The van der Waals surface area contributed by atoms with Crippen molar-refractivity contribution >= 4 is 17.5 Å². The zero-order valence-electron chi connectivity index (χ0n) is 11.0. The van der Waals surface area contributed by atoms with Crippen LogP contribution in [0.25, 0.3) is 5.69 Å². The average molecular weight is 273 g/mol. The molecule has 0 unspecified atom stereocenters. The number of carbonyl (C=O) groups excluding carboxylic acids is 2. The first kappa shape index (κ1) is 13.6. The first-order valence-electron chi connectivity index (χ1n) is 6.06. The summed E-state index contributed by atoms with van der Waals surface area (Å²) in [7, 11) is 0. The second kappa shape index (κ2) is 5.43. The topological polar surface area (TPSA) is 116 Å². The predicted molar refractivity (Wildman–Crippen MR) is 74.5 cm³/mol. The lowest BCUT2D eigenvalue weighted by Crippen LogP contribution is -2.22. The van der Waals surface area contributed by atoms with Crippen LogP contribution in [0.1, 0.15) is 27.8 Å². The van der Waals surface area contributed by atoms with E-state index in [4.69, 9.17) is 11.5 Å². The summed E-state index contributed by atoms with van der Waals surface area (Å²) in [5, 5.41) is 6.70. The van der Waals surface area contributed by atoms with E-state index in [0.29, 0.717) is 23.5 Å². The van der Waals surface area contributed by atoms with Crippen molar-refractivity contribution in [2.24, 2.45) is 5.73 Å². The number of nitrogens with two attached hydrogens (primary N) is 2. The number of benzene rings is 1. The highest BCUT2D eigenvalue weighted by atomic mass is 16.2. The van der Waals surface area contributed by atoms with E-state index in [2.05, 4.69) is 10.4 Å². The molecule has 2 amide bonds. The molecule has 0 spiro atoms. The quantitative estimate of drug-likeness (QED) is 0.695. The standard InChI is InChI=1S/C13H15N5O2/c1-2-16-13(20)8-3-4-11(9(14)7-8)18-6-5-10(17-18)12(15)19/h3-7H,2,14H2,1H3,(H2,15,19)(H,16,20). The number of primary amides is 1. The van der Waals surface area contributed by atoms with Crippen molar-refractivity contribution < 1.29 is 9.59 Å². The highest BCUT2D eigenvalue weighted by molar-refractivity contribution is 5.95. The van der Waals surface area contributed by atoms with Crippen LogP contribution < -0.4 is 16.8 Å². The molecule has 0 aliphatic rings. The first-order chi connectivity index (χ1) is 9.52. The Morgan fingerprint density at radius 1 is 1.35 bits per heavy atom. The number of nitrogens with zero attached hydrogens (tertiary/aromatic N) is 2. The van der Waals surface area contributed by atoms with Crippen LogP contribution in [0.2, 0.25) is 0 Å². The molecule has 0 bridgehead atoms. The number of hydrogen-bond donors (Lipinski definition) is 3. The van der Waals surface area contributed by atoms with Crippen molar-refractivity contribution in [1.82, 2.24) is 15.1 Å². The van der Waals surface area contributed by atoms with E-state index >= 15 is 0 Å². The Hall–Kier alpha value is -2.83. The van der Waals surface area contributed by atoms with Gasteiger partial charge in [-0.3, -0.25) is 9.59 Å². The first-order valence-corrected chi connectivity index (χ1v) is 6.06. The van der Waals surface area contributed by atoms with Gasteiger partial charge in [0.1, 0.15) is 5.69 Å². The number of amides is 2. The van der Waals surface area contributed by atoms with Gasteiger partial charge in [-0.15, -0.1) is 0 Å². The molecule has 104 valence electrons. The molecule has 0 aliphatic carbocycles. The highest BCUT2D eigenvalue weighted by Crippen LogP contribution is 2.18. The summed E-state index contributed by atoms with van der Waals surface area (Å²) >= 11 is 0. The maximum absolute atomic E-state index is 11.7. The van der Waals surface area contributed by atoms with Crippen LogP contribution >= 0.6 is 0 Å². The molecule has 0 atom stereocenters. The Balaban J connectivity index is 2.33. The van der Waals surface area contributed by atoms with Gasteiger partial charge in [-0.1, -0.05) is 0 Å². The summed E-state index contributed by atoms with van der Waals surface area (Å²) in [5.41, 5.74) is 12.6. The van der Waals surface area contributed by atoms with E-state index in [1.165, 1.54) is 10.7 Å². The SMILES string of the molecule is CCNC(=O)c1ccc(-n2ccc(C(N)=O)n2)c(N)c1. The van der Waals surface area contributed by atoms with Crippen molar-refractivity contribution in [1.29, 1.82) is 0 Å². The fraction of sp³-hybridized carbons (Fsp3) is 0.154. The van der Waals surface area contributed by atoms with Crippen LogP contribution in [0.4, 0.5) is 5.69 Å². The third-order valence-corrected chi connectivity index (χ3v) is 2.72. The predicted octanol–water partition coefficient (Wildman–Crippen LogP) is 0.303. The van der Waals surface area contributed by atoms with Crippen molar-refractivity contribution in [2.75, 3.05) is 12.3 Å². The molecule has 0 radical (unpaired) electrons. The van der Waals surface area contributed by atoms with Gasteiger partial charge in [-0.2, -0.15) is 5.10 Å². The maximum atomic E-state index is 11.7. The van der Waals surface area contributed by atoms with Crippen molar-refractivity contribution in [3.8, 4) is 5.69 Å². The summed E-state index contributed by atoms with van der Waals surface area (Å²) < 4.78 is 1.44. The van der Waals surface area contributed by atoms with Gasteiger partial charge in [-0.05, 0) is 31.2 Å². The van der Waals surface area contributed by atoms with E-state index in [-0.39, 0.29) is 11.6 Å². The second-order valence-electron chi connectivity index (χ2n) is 4.14. The summed E-state index contributed by atoms with van der Waals surface area (Å²) in [4.78, 5) is 22.7. The van der Waals surface area contributed by atoms with Crippen LogP contribution in [0.3, 0.4) is 0 Å². The Labute approximate surface area is 115 Å². The molecular weight excluding hydrogens is 258 g/mol. The molecule has 20 heavy (non-hydrogen) atoms. The lowest BCUT2D eigenvalue weighted by molar-refractivity contribution is 0.0954. The minimum absolute atomic E-state index is 0.150. The number of nitrogens with one attached hydrogen (secondary N) is 1. The van der Waals surface area contributed by atoms with Crippen LogP contribution in [0.15, 0.2) is 30.5 Å². The fourth-order valence-corrected chi connectivity index (χ4v) is 1.76. The lowest BCUT2D eigenvalue weighted by atomic mass is 10.1. The minimum Gasteiger partial charge on any atom is -0.397 e. The van der Waals surface area contributed by atoms with Crippen molar-refractivity contribution in [3.63, 3.8) is 0 Å². The van der Waals surface area contributed by atoms with E-state index in [0.717, 1.165) is 0 Å². The summed E-state index contributed by atoms with van der Waals surface area (Å²) in [5.74, 6) is -0.801. The van der Waals surface area contributed by atoms with Gasteiger partial charge in [0.25, 0.3) is 11.8 Å². The Morgan fingerprint density at radius 2 is 2.10 bits per heavy atom. The molecule has 1 heterocycles. The van der Waals surface area contributed by atoms with E-state index in [9.17, 15) is 9.59 Å². The number of hydrogen-bond acceptors (Lipinski definition) is 4. The molecule has 0 fully saturated rings. The van der Waals surface area contributed by atoms with Gasteiger partial charge in [0, 0.05) is 18.3 Å². The smallest absolute Gasteiger partial charge is 0.269 e. The molecule has 0 aliphatic heterocycles. The normalized spacial score (nSPS) is 10.2. The largest absolute Gasteiger partial charge is 0.397 e.